The Balaban J connectivity index is 2.22. The maximum absolute atomic E-state index is 15.1. The van der Waals surface area contributed by atoms with Gasteiger partial charge in [-0.2, -0.15) is 0 Å². The van der Waals surface area contributed by atoms with E-state index in [1.165, 1.54) is 54.6 Å². The van der Waals surface area contributed by atoms with Gasteiger partial charge in [-0.05, 0) is 18.2 Å². The molecule has 29 heavy (non-hydrogen) atoms. The molecule has 1 fully saturated rings. The van der Waals surface area contributed by atoms with Crippen molar-refractivity contribution in [1.82, 2.24) is 4.90 Å². The van der Waals surface area contributed by atoms with Crippen LogP contribution in [0.5, 0.6) is 0 Å². The van der Waals surface area contributed by atoms with Crippen LogP contribution in [0, 0.1) is 17.5 Å². The minimum absolute atomic E-state index is 0.113. The number of imide groups is 1. The summed E-state index contributed by atoms with van der Waals surface area (Å²) in [6.45, 7) is 0. The van der Waals surface area contributed by atoms with E-state index in [9.17, 15) is 9.59 Å². The number of nitrogens with zero attached hydrogens (tertiary/aromatic N) is 1. The van der Waals surface area contributed by atoms with E-state index in [-0.39, 0.29) is 29.5 Å². The number of hydrogen-bond acceptors (Lipinski definition) is 2. The van der Waals surface area contributed by atoms with Crippen molar-refractivity contribution in [3.63, 3.8) is 0 Å². The molecule has 0 N–H and O–H groups in total. The number of hydrogen-bond donors (Lipinski definition) is 0. The quantitative estimate of drug-likeness (QED) is 0.480. The van der Waals surface area contributed by atoms with Gasteiger partial charge in [0.05, 0.1) is 0 Å². The zero-order valence-corrected chi connectivity index (χ0v) is 15.2. The van der Waals surface area contributed by atoms with Gasteiger partial charge < -0.3 is 0 Å². The van der Waals surface area contributed by atoms with Crippen LogP contribution in [0.25, 0.3) is 0 Å². The molecular formula is C23H16F3NO2. The minimum atomic E-state index is -2.12. The lowest BCUT2D eigenvalue weighted by atomic mass is 9.74. The number of carbonyl (C=O) groups excluding carboxylic acids is 2. The fourth-order valence-electron chi connectivity index (χ4n) is 4.01. The van der Waals surface area contributed by atoms with Crippen LogP contribution in [0.15, 0.2) is 72.8 Å². The van der Waals surface area contributed by atoms with Crippen molar-refractivity contribution in [1.29, 1.82) is 0 Å². The Kier molecular flexibility index (Phi) is 4.70. The summed E-state index contributed by atoms with van der Waals surface area (Å²) in [5, 5.41) is 0. The smallest absolute Gasteiger partial charge is 0.231 e. The molecule has 0 bridgehead atoms. The van der Waals surface area contributed by atoms with Gasteiger partial charge in [0.2, 0.25) is 11.8 Å². The number of carbonyl (C=O) groups is 2. The normalized spacial score (nSPS) is 14.5. The van der Waals surface area contributed by atoms with Crippen LogP contribution in [-0.2, 0) is 15.1 Å². The van der Waals surface area contributed by atoms with Crippen molar-refractivity contribution >= 4 is 11.8 Å². The second-order valence-corrected chi connectivity index (χ2v) is 6.77. The second kappa shape index (κ2) is 7.20. The summed E-state index contributed by atoms with van der Waals surface area (Å²) in [6, 6.07) is 16.2. The molecule has 0 atom stereocenters. The van der Waals surface area contributed by atoms with Gasteiger partial charge >= 0.3 is 0 Å². The standard InChI is InChI=1S/C23H16F3NO2/c24-18-10-4-1-7-15(18)23(16-8-2-5-11-19(16)25,17-9-3-6-12-20(17)26)27-21(28)13-14-22(27)29/h1-12H,13-14H2. The molecule has 3 aromatic rings. The number of amides is 2. The molecular weight excluding hydrogens is 379 g/mol. The first-order chi connectivity index (χ1) is 14.0. The Bertz CT molecular complexity index is 986. The highest BCUT2D eigenvalue weighted by Crippen LogP contribution is 2.47. The van der Waals surface area contributed by atoms with E-state index in [0.29, 0.717) is 0 Å². The van der Waals surface area contributed by atoms with E-state index in [0.717, 1.165) is 23.1 Å². The van der Waals surface area contributed by atoms with E-state index >= 15 is 13.2 Å². The summed E-state index contributed by atoms with van der Waals surface area (Å²) in [5.41, 5.74) is -2.66. The summed E-state index contributed by atoms with van der Waals surface area (Å²) in [7, 11) is 0. The van der Waals surface area contributed by atoms with Crippen LogP contribution in [0.3, 0.4) is 0 Å². The lowest BCUT2D eigenvalue weighted by Crippen LogP contribution is -2.52. The second-order valence-electron chi connectivity index (χ2n) is 6.77. The summed E-state index contributed by atoms with van der Waals surface area (Å²) in [5.74, 6) is -3.60. The predicted molar refractivity (Wildman–Crippen MR) is 100 cm³/mol. The lowest BCUT2D eigenvalue weighted by Gasteiger charge is -2.42. The van der Waals surface area contributed by atoms with Gasteiger partial charge in [-0.1, -0.05) is 54.6 Å². The molecule has 6 heteroatoms. The highest BCUT2D eigenvalue weighted by atomic mass is 19.1. The van der Waals surface area contributed by atoms with Crippen LogP contribution >= 0.6 is 0 Å². The van der Waals surface area contributed by atoms with Crippen LogP contribution in [0.1, 0.15) is 29.5 Å². The number of rotatable bonds is 4. The number of benzene rings is 3. The molecule has 3 aromatic carbocycles. The molecule has 0 unspecified atom stereocenters. The van der Waals surface area contributed by atoms with E-state index in [1.807, 2.05) is 0 Å². The molecule has 146 valence electrons. The number of likely N-dealkylation sites (tertiary alicyclic amines) is 1. The zero-order chi connectivity index (χ0) is 20.6. The van der Waals surface area contributed by atoms with Gasteiger partial charge in [0, 0.05) is 29.5 Å². The third-order valence-electron chi connectivity index (χ3n) is 5.18. The van der Waals surface area contributed by atoms with Gasteiger partial charge in [0.1, 0.15) is 23.0 Å². The van der Waals surface area contributed by atoms with Gasteiger partial charge in [-0.25, -0.2) is 13.2 Å². The fourth-order valence-corrected chi connectivity index (χ4v) is 4.01. The van der Waals surface area contributed by atoms with Gasteiger partial charge in [0.15, 0.2) is 0 Å². The number of halogens is 3. The van der Waals surface area contributed by atoms with Crippen molar-refractivity contribution in [2.24, 2.45) is 0 Å². The maximum atomic E-state index is 15.1. The van der Waals surface area contributed by atoms with E-state index < -0.39 is 34.8 Å². The van der Waals surface area contributed by atoms with Gasteiger partial charge in [0.25, 0.3) is 0 Å². The highest BCUT2D eigenvalue weighted by Gasteiger charge is 2.53. The first-order valence-electron chi connectivity index (χ1n) is 9.09. The third-order valence-corrected chi connectivity index (χ3v) is 5.18. The largest absolute Gasteiger partial charge is 0.274 e. The van der Waals surface area contributed by atoms with E-state index in [4.69, 9.17) is 0 Å². The molecule has 0 aliphatic carbocycles. The molecule has 1 aliphatic rings. The minimum Gasteiger partial charge on any atom is -0.274 e. The third kappa shape index (κ3) is 2.83. The molecule has 0 saturated carbocycles. The Hall–Kier alpha value is -3.41. The Morgan fingerprint density at radius 1 is 0.586 bits per heavy atom. The highest BCUT2D eigenvalue weighted by molar-refractivity contribution is 6.04. The van der Waals surface area contributed by atoms with Gasteiger partial charge in [-0.3, -0.25) is 14.5 Å². The van der Waals surface area contributed by atoms with E-state index in [2.05, 4.69) is 0 Å². The molecule has 3 nitrogen and oxygen atoms in total. The van der Waals surface area contributed by atoms with Crippen LogP contribution in [0.2, 0.25) is 0 Å². The van der Waals surface area contributed by atoms with E-state index in [1.54, 1.807) is 0 Å². The molecule has 0 radical (unpaired) electrons. The van der Waals surface area contributed by atoms with Crippen LogP contribution in [-0.4, -0.2) is 16.7 Å². The van der Waals surface area contributed by atoms with Gasteiger partial charge in [-0.15, -0.1) is 0 Å². The van der Waals surface area contributed by atoms with Crippen LogP contribution in [0.4, 0.5) is 13.2 Å². The predicted octanol–water partition coefficient (Wildman–Crippen LogP) is 4.54. The molecule has 0 aromatic heterocycles. The average Bonchev–Trinajstić information content (AvgIpc) is 3.05. The average molecular weight is 395 g/mol. The first kappa shape index (κ1) is 18.9. The Morgan fingerprint density at radius 3 is 1.21 bits per heavy atom. The Morgan fingerprint density at radius 2 is 0.897 bits per heavy atom. The molecule has 4 rings (SSSR count). The first-order valence-corrected chi connectivity index (χ1v) is 9.09. The van der Waals surface area contributed by atoms with Crippen LogP contribution < -0.4 is 0 Å². The zero-order valence-electron chi connectivity index (χ0n) is 15.2. The molecule has 1 heterocycles. The van der Waals surface area contributed by atoms with Crippen molar-refractivity contribution in [2.75, 3.05) is 0 Å². The van der Waals surface area contributed by atoms with Crippen molar-refractivity contribution in [2.45, 2.75) is 18.4 Å². The van der Waals surface area contributed by atoms with Crippen molar-refractivity contribution in [3.05, 3.63) is 107 Å². The van der Waals surface area contributed by atoms with Crippen molar-refractivity contribution in [3.8, 4) is 0 Å². The molecule has 1 aliphatic heterocycles. The lowest BCUT2D eigenvalue weighted by molar-refractivity contribution is -0.143. The molecule has 0 spiro atoms. The monoisotopic (exact) mass is 395 g/mol. The fraction of sp³-hybridized carbons (Fsp3) is 0.130. The summed E-state index contributed by atoms with van der Waals surface area (Å²) >= 11 is 0. The maximum Gasteiger partial charge on any atom is 0.231 e. The summed E-state index contributed by atoms with van der Waals surface area (Å²) in [6.07, 6.45) is -0.226. The molecule has 2 amide bonds. The summed E-state index contributed by atoms with van der Waals surface area (Å²) in [4.78, 5) is 26.5. The molecule has 1 saturated heterocycles. The van der Waals surface area contributed by atoms with Crippen molar-refractivity contribution < 1.29 is 22.8 Å². The Labute approximate surface area is 165 Å². The SMILES string of the molecule is O=C1CCC(=O)N1C(c1ccccc1F)(c1ccccc1F)c1ccccc1F. The summed E-state index contributed by atoms with van der Waals surface area (Å²) < 4.78 is 45.4. The topological polar surface area (TPSA) is 37.4 Å².